The van der Waals surface area contributed by atoms with Gasteiger partial charge in [-0.15, -0.1) is 0 Å². The van der Waals surface area contributed by atoms with E-state index in [1.54, 1.807) is 24.3 Å². The number of unbranched alkanes of at least 4 members (excludes halogenated alkanes) is 1. The van der Waals surface area contributed by atoms with Crippen LogP contribution in [0.2, 0.25) is 5.02 Å². The molecular weight excluding hydrogens is 639 g/mol. The van der Waals surface area contributed by atoms with Crippen LogP contribution in [0.25, 0.3) is 0 Å². The second kappa shape index (κ2) is 14.8. The molecule has 0 amide bonds. The summed E-state index contributed by atoms with van der Waals surface area (Å²) in [6, 6.07) is 9.77. The first-order chi connectivity index (χ1) is 21.5. The number of hydrogen-bond donors (Lipinski definition) is 4. The summed E-state index contributed by atoms with van der Waals surface area (Å²) in [6.07, 6.45) is -5.20. The number of nitro benzene ring substituents is 1. The molecular formula is C30H33ClF3N3O9. The van der Waals surface area contributed by atoms with Gasteiger partial charge in [-0.1, -0.05) is 23.7 Å². The van der Waals surface area contributed by atoms with Crippen LogP contribution >= 0.6 is 11.6 Å². The fourth-order valence-corrected chi connectivity index (χ4v) is 5.46. The van der Waals surface area contributed by atoms with E-state index in [0.717, 1.165) is 39.1 Å². The molecule has 1 aliphatic rings. The predicted octanol–water partition coefficient (Wildman–Crippen LogP) is 4.90. The number of nitrogens with one attached hydrogen (secondary N) is 1. The molecule has 0 saturated carbocycles. The number of halogens is 4. The number of para-hydroxylation sites is 1. The van der Waals surface area contributed by atoms with Gasteiger partial charge in [0.05, 0.1) is 33.1 Å². The molecule has 0 saturated heterocycles. The maximum atomic E-state index is 14.3. The molecule has 0 aromatic heterocycles. The number of aliphatic hydroxyl groups is 1. The highest BCUT2D eigenvalue weighted by molar-refractivity contribution is 6.32. The summed E-state index contributed by atoms with van der Waals surface area (Å²) < 4.78 is 54.2. The number of nitrogens with zero attached hydrogens (tertiary/aromatic N) is 2. The Kier molecular flexibility index (Phi) is 11.7. The molecule has 46 heavy (non-hydrogen) atoms. The van der Waals surface area contributed by atoms with Crippen LogP contribution in [-0.4, -0.2) is 82.7 Å². The predicted molar refractivity (Wildman–Crippen MR) is 160 cm³/mol. The molecule has 12 nitrogen and oxygen atoms in total. The number of ether oxygens (including phenoxy) is 2. The summed E-state index contributed by atoms with van der Waals surface area (Å²) in [6.45, 7) is 2.63. The average molecular weight is 672 g/mol. The minimum atomic E-state index is -5.22. The molecule has 16 heteroatoms. The van der Waals surface area contributed by atoms with Gasteiger partial charge in [0.15, 0.2) is 0 Å². The van der Waals surface area contributed by atoms with Crippen molar-refractivity contribution in [3.63, 3.8) is 0 Å². The Labute approximate surface area is 266 Å². The van der Waals surface area contributed by atoms with E-state index >= 15 is 0 Å². The van der Waals surface area contributed by atoms with Crippen LogP contribution in [0, 0.1) is 10.1 Å². The van der Waals surface area contributed by atoms with Gasteiger partial charge in [-0.05, 0) is 51.4 Å². The lowest BCUT2D eigenvalue weighted by Gasteiger charge is -2.42. The van der Waals surface area contributed by atoms with Crippen LogP contribution in [0.15, 0.2) is 65.0 Å². The van der Waals surface area contributed by atoms with Crippen molar-refractivity contribution in [3.05, 3.63) is 85.7 Å². The van der Waals surface area contributed by atoms with Crippen molar-refractivity contribution in [2.45, 2.75) is 44.4 Å². The van der Waals surface area contributed by atoms with Crippen LogP contribution in [-0.2, 0) is 15.0 Å². The summed E-state index contributed by atoms with van der Waals surface area (Å²) >= 11 is 6.02. The highest BCUT2D eigenvalue weighted by Gasteiger charge is 2.56. The number of non-ortho nitro benzene ring substituents is 1. The average Bonchev–Trinajstić information content (AvgIpc) is 2.96. The highest BCUT2D eigenvalue weighted by atomic mass is 35.5. The van der Waals surface area contributed by atoms with Gasteiger partial charge in [0, 0.05) is 37.0 Å². The molecule has 4 N–H and O–H groups in total. The monoisotopic (exact) mass is 671 g/mol. The zero-order valence-corrected chi connectivity index (χ0v) is 25.8. The van der Waals surface area contributed by atoms with Gasteiger partial charge < -0.3 is 35.0 Å². The Morgan fingerprint density at radius 2 is 1.74 bits per heavy atom. The molecule has 0 spiro atoms. The molecule has 250 valence electrons. The van der Waals surface area contributed by atoms with Gasteiger partial charge in [-0.25, -0.2) is 9.59 Å². The van der Waals surface area contributed by atoms with E-state index in [-0.39, 0.29) is 25.5 Å². The molecule has 2 atom stereocenters. The molecule has 0 fully saturated rings. The topological polar surface area (TPSA) is 172 Å². The Morgan fingerprint density at radius 3 is 2.33 bits per heavy atom. The smallest absolute Gasteiger partial charge is 0.432 e. The van der Waals surface area contributed by atoms with Gasteiger partial charge in [0.2, 0.25) is 0 Å². The molecule has 2 aromatic carbocycles. The second-order valence-electron chi connectivity index (χ2n) is 10.6. The van der Waals surface area contributed by atoms with Crippen molar-refractivity contribution in [1.29, 1.82) is 0 Å². The number of allylic oxidation sites excluding steroid dienone is 2. The number of carboxylic acids is 2. The Bertz CT molecular complexity index is 1550. The first kappa shape index (κ1) is 36.1. The Hall–Kier alpha value is -4.34. The number of aliphatic hydroxyl groups excluding tert-OH is 1. The molecule has 0 radical (unpaired) electrons. The molecule has 1 aliphatic heterocycles. The minimum absolute atomic E-state index is 0.00753. The number of benzene rings is 2. The lowest BCUT2D eigenvalue weighted by Crippen LogP contribution is -2.46. The van der Waals surface area contributed by atoms with E-state index in [1.807, 2.05) is 0 Å². The Balaban J connectivity index is 1.80. The maximum Gasteiger partial charge on any atom is 0.432 e. The maximum absolute atomic E-state index is 14.3. The Morgan fingerprint density at radius 1 is 1.09 bits per heavy atom. The van der Waals surface area contributed by atoms with Crippen molar-refractivity contribution in [1.82, 2.24) is 10.2 Å². The van der Waals surface area contributed by atoms with E-state index in [9.17, 15) is 48.2 Å². The van der Waals surface area contributed by atoms with Crippen molar-refractivity contribution in [2.24, 2.45) is 0 Å². The summed E-state index contributed by atoms with van der Waals surface area (Å²) in [4.78, 5) is 36.2. The van der Waals surface area contributed by atoms with E-state index < -0.39 is 68.3 Å². The van der Waals surface area contributed by atoms with Gasteiger partial charge in [0.1, 0.15) is 29.9 Å². The fourth-order valence-electron chi connectivity index (χ4n) is 5.27. The number of carboxylic acid groups (broad SMARTS) is 2. The summed E-state index contributed by atoms with van der Waals surface area (Å²) in [5, 5.41) is 45.4. The van der Waals surface area contributed by atoms with E-state index in [2.05, 4.69) is 5.32 Å². The lowest BCUT2D eigenvalue weighted by atomic mass is 9.66. The van der Waals surface area contributed by atoms with E-state index in [1.165, 1.54) is 0 Å². The van der Waals surface area contributed by atoms with Gasteiger partial charge >= 0.3 is 18.1 Å². The first-order valence-corrected chi connectivity index (χ1v) is 14.3. The third-order valence-corrected chi connectivity index (χ3v) is 7.81. The fraction of sp³-hybridized carbons (Fsp3) is 0.400. The van der Waals surface area contributed by atoms with Crippen molar-refractivity contribution >= 4 is 29.2 Å². The van der Waals surface area contributed by atoms with Crippen molar-refractivity contribution < 1.29 is 52.5 Å². The van der Waals surface area contributed by atoms with E-state index in [4.69, 9.17) is 21.1 Å². The number of nitro groups is 1. The zero-order valence-electron chi connectivity index (χ0n) is 25.1. The van der Waals surface area contributed by atoms with Crippen LogP contribution in [0.1, 0.15) is 32.3 Å². The molecule has 3 rings (SSSR count). The number of alkyl halides is 3. The largest absolute Gasteiger partial charge is 0.493 e. The summed E-state index contributed by atoms with van der Waals surface area (Å²) in [7, 11) is 0.896. The molecule has 2 unspecified atom stereocenters. The van der Waals surface area contributed by atoms with Crippen molar-refractivity contribution in [3.8, 4) is 11.5 Å². The standard InChI is InChI=1S/C30H33ClF3N3O9/c1-17-24(27(39)40)29(2,25(28(41)42)26(36(17)3)30(32,33)34)20-14-18(37(43)44)10-11-22(20)45-13-7-6-12-35-15-19(38)16-46-23-9-5-4-8-21(23)31/h4-5,8-11,14,19,35,38H,6-7,12-13,15-16H2,1-3H3,(H,39,40)(H,41,42). The van der Waals surface area contributed by atoms with Gasteiger partial charge in [-0.3, -0.25) is 10.1 Å². The first-order valence-electron chi connectivity index (χ1n) is 13.9. The molecule has 0 bridgehead atoms. The number of hydrogen-bond acceptors (Lipinski definition) is 9. The third kappa shape index (κ3) is 7.89. The SMILES string of the molecule is CC1=C(C(=O)O)C(C)(c2cc([N+](=O)[O-])ccc2OCCCCNCC(O)COc2ccccc2Cl)C(C(=O)O)=C(C(F)(F)F)N1C. The number of carbonyl (C=O) groups is 2. The minimum Gasteiger partial charge on any atom is -0.493 e. The molecule has 1 heterocycles. The van der Waals surface area contributed by atoms with Gasteiger partial charge in [-0.2, -0.15) is 13.2 Å². The number of aliphatic carboxylic acids is 2. The zero-order chi connectivity index (χ0) is 34.4. The third-order valence-electron chi connectivity index (χ3n) is 7.50. The molecule has 2 aromatic rings. The van der Waals surface area contributed by atoms with Crippen LogP contribution < -0.4 is 14.8 Å². The number of rotatable bonds is 15. The van der Waals surface area contributed by atoms with Crippen LogP contribution in [0.5, 0.6) is 11.5 Å². The summed E-state index contributed by atoms with van der Waals surface area (Å²) in [5.41, 5.74) is -7.62. The van der Waals surface area contributed by atoms with Crippen molar-refractivity contribution in [2.75, 3.05) is 33.4 Å². The molecule has 0 aliphatic carbocycles. The van der Waals surface area contributed by atoms with Crippen LogP contribution in [0.3, 0.4) is 0 Å². The van der Waals surface area contributed by atoms with Crippen LogP contribution in [0.4, 0.5) is 18.9 Å². The highest BCUT2D eigenvalue weighted by Crippen LogP contribution is 2.52. The second-order valence-corrected chi connectivity index (χ2v) is 11.0. The van der Waals surface area contributed by atoms with Gasteiger partial charge in [0.25, 0.3) is 5.69 Å². The van der Waals surface area contributed by atoms with E-state index in [0.29, 0.717) is 35.1 Å². The normalized spacial score (nSPS) is 17.6. The lowest BCUT2D eigenvalue weighted by molar-refractivity contribution is -0.385. The quantitative estimate of drug-likeness (QED) is 0.115. The summed E-state index contributed by atoms with van der Waals surface area (Å²) in [5.74, 6) is -3.56.